The maximum atomic E-state index is 14.1. The molecular formula is C25H21F2N3O4S. The predicted octanol–water partition coefficient (Wildman–Crippen LogP) is 5.28. The number of thiophene rings is 1. The van der Waals surface area contributed by atoms with Gasteiger partial charge in [0.15, 0.2) is 5.69 Å². The predicted molar refractivity (Wildman–Crippen MR) is 130 cm³/mol. The molecule has 35 heavy (non-hydrogen) atoms. The number of ether oxygens (including phenoxy) is 1. The van der Waals surface area contributed by atoms with Crippen LogP contribution in [0.3, 0.4) is 0 Å². The Balaban J connectivity index is 1.88. The summed E-state index contributed by atoms with van der Waals surface area (Å²) in [6.07, 6.45) is 0. The molecule has 0 aliphatic rings. The van der Waals surface area contributed by atoms with Crippen LogP contribution < -0.4 is 10.9 Å². The van der Waals surface area contributed by atoms with E-state index in [1.165, 1.54) is 5.38 Å². The first-order valence-corrected chi connectivity index (χ1v) is 11.7. The van der Waals surface area contributed by atoms with Crippen LogP contribution in [0, 0.1) is 11.6 Å². The first kappa shape index (κ1) is 24.2. The van der Waals surface area contributed by atoms with E-state index in [1.54, 1.807) is 19.1 Å². The van der Waals surface area contributed by atoms with E-state index in [0.717, 1.165) is 39.8 Å². The molecule has 180 valence electrons. The van der Waals surface area contributed by atoms with Crippen LogP contribution in [-0.4, -0.2) is 28.3 Å². The van der Waals surface area contributed by atoms with Gasteiger partial charge in [0.25, 0.3) is 11.5 Å². The number of rotatable bonds is 6. The van der Waals surface area contributed by atoms with Crippen LogP contribution in [0.5, 0.6) is 0 Å². The van der Waals surface area contributed by atoms with Crippen molar-refractivity contribution in [2.45, 2.75) is 26.7 Å². The van der Waals surface area contributed by atoms with Gasteiger partial charge in [0.1, 0.15) is 22.2 Å². The Bertz CT molecular complexity index is 1470. The molecule has 10 heteroatoms. The van der Waals surface area contributed by atoms with Gasteiger partial charge in [0.05, 0.1) is 17.7 Å². The summed E-state index contributed by atoms with van der Waals surface area (Å²) in [5, 5.41) is 8.29. The fraction of sp³-hybridized carbons (Fsp3) is 0.200. The standard InChI is InChI=1S/C25H21F2N3O4S/c1-4-34-25(33)21-16-12-35-23(28-22(31)20-17(26)6-5-7-18(20)27)19(16)24(32)30(29-21)15-10-8-14(9-11-15)13(2)3/h5-13H,4H2,1-3H3,(H,28,31). The van der Waals surface area contributed by atoms with E-state index in [4.69, 9.17) is 4.74 Å². The Hall–Kier alpha value is -3.92. The Morgan fingerprint density at radius 1 is 1.11 bits per heavy atom. The summed E-state index contributed by atoms with van der Waals surface area (Å²) in [6.45, 7) is 5.79. The number of carbonyl (C=O) groups excluding carboxylic acids is 2. The summed E-state index contributed by atoms with van der Waals surface area (Å²) in [5.41, 5.74) is -0.0724. The van der Waals surface area contributed by atoms with E-state index in [-0.39, 0.29) is 34.0 Å². The minimum absolute atomic E-state index is 0.0221. The molecule has 4 aromatic rings. The van der Waals surface area contributed by atoms with Gasteiger partial charge in [-0.05, 0) is 42.7 Å². The third-order valence-electron chi connectivity index (χ3n) is 5.34. The van der Waals surface area contributed by atoms with Gasteiger partial charge >= 0.3 is 5.97 Å². The first-order chi connectivity index (χ1) is 16.7. The average molecular weight is 498 g/mol. The van der Waals surface area contributed by atoms with Crippen LogP contribution in [0.1, 0.15) is 53.1 Å². The van der Waals surface area contributed by atoms with Crippen molar-refractivity contribution < 1.29 is 23.1 Å². The van der Waals surface area contributed by atoms with Crippen molar-refractivity contribution >= 4 is 39.0 Å². The number of nitrogens with zero attached hydrogens (tertiary/aromatic N) is 2. The van der Waals surface area contributed by atoms with Gasteiger partial charge in [-0.1, -0.05) is 32.0 Å². The highest BCUT2D eigenvalue weighted by molar-refractivity contribution is 7.16. The molecular weight excluding hydrogens is 476 g/mol. The van der Waals surface area contributed by atoms with E-state index < -0.39 is 34.6 Å². The number of aromatic nitrogens is 2. The van der Waals surface area contributed by atoms with Crippen LogP contribution >= 0.6 is 11.3 Å². The molecule has 2 aromatic carbocycles. The van der Waals surface area contributed by atoms with Crippen molar-refractivity contribution in [1.29, 1.82) is 0 Å². The van der Waals surface area contributed by atoms with Crippen LogP contribution in [0.2, 0.25) is 0 Å². The van der Waals surface area contributed by atoms with Gasteiger partial charge in [-0.25, -0.2) is 13.6 Å². The Labute approximate surface area is 203 Å². The molecule has 0 bridgehead atoms. The number of nitrogens with one attached hydrogen (secondary N) is 1. The Morgan fingerprint density at radius 3 is 2.37 bits per heavy atom. The fourth-order valence-corrected chi connectivity index (χ4v) is 4.48. The van der Waals surface area contributed by atoms with Crippen LogP contribution in [0.15, 0.2) is 52.6 Å². The molecule has 0 radical (unpaired) electrons. The summed E-state index contributed by atoms with van der Waals surface area (Å²) >= 11 is 0.934. The van der Waals surface area contributed by atoms with E-state index in [2.05, 4.69) is 10.4 Å². The summed E-state index contributed by atoms with van der Waals surface area (Å²) < 4.78 is 34.4. The van der Waals surface area contributed by atoms with E-state index in [1.807, 2.05) is 26.0 Å². The Morgan fingerprint density at radius 2 is 1.77 bits per heavy atom. The third-order valence-corrected chi connectivity index (χ3v) is 6.24. The van der Waals surface area contributed by atoms with Crippen molar-refractivity contribution in [3.63, 3.8) is 0 Å². The highest BCUT2D eigenvalue weighted by Gasteiger charge is 2.25. The molecule has 0 saturated heterocycles. The van der Waals surface area contributed by atoms with Gasteiger partial charge in [-0.3, -0.25) is 9.59 Å². The van der Waals surface area contributed by atoms with Crippen molar-refractivity contribution in [2.24, 2.45) is 0 Å². The van der Waals surface area contributed by atoms with Gasteiger partial charge < -0.3 is 10.1 Å². The number of anilines is 1. The molecule has 1 amide bonds. The third kappa shape index (κ3) is 4.57. The number of fused-ring (bicyclic) bond motifs is 1. The highest BCUT2D eigenvalue weighted by Crippen LogP contribution is 2.31. The maximum absolute atomic E-state index is 14.1. The molecule has 1 N–H and O–H groups in total. The van der Waals surface area contributed by atoms with Gasteiger partial charge in [-0.2, -0.15) is 9.78 Å². The number of carbonyl (C=O) groups is 2. The lowest BCUT2D eigenvalue weighted by Crippen LogP contribution is -2.26. The zero-order valence-corrected chi connectivity index (χ0v) is 19.9. The summed E-state index contributed by atoms with van der Waals surface area (Å²) in [6, 6.07) is 10.2. The molecule has 0 saturated carbocycles. The lowest BCUT2D eigenvalue weighted by Gasteiger charge is -2.11. The maximum Gasteiger partial charge on any atom is 0.359 e. The second kappa shape index (κ2) is 9.75. The van der Waals surface area contributed by atoms with Crippen molar-refractivity contribution in [2.75, 3.05) is 11.9 Å². The van der Waals surface area contributed by atoms with E-state index in [0.29, 0.717) is 5.69 Å². The quantitative estimate of drug-likeness (QED) is 0.366. The normalized spacial score (nSPS) is 11.1. The molecule has 0 spiro atoms. The monoisotopic (exact) mass is 497 g/mol. The lowest BCUT2D eigenvalue weighted by molar-refractivity contribution is 0.0520. The second-order valence-electron chi connectivity index (χ2n) is 7.94. The lowest BCUT2D eigenvalue weighted by atomic mass is 10.0. The smallest absolute Gasteiger partial charge is 0.359 e. The molecule has 0 atom stereocenters. The first-order valence-electron chi connectivity index (χ1n) is 10.8. The largest absolute Gasteiger partial charge is 0.461 e. The zero-order valence-electron chi connectivity index (χ0n) is 19.1. The van der Waals surface area contributed by atoms with Gasteiger partial charge in [-0.15, -0.1) is 11.3 Å². The summed E-state index contributed by atoms with van der Waals surface area (Å²) in [5.74, 6) is -3.63. The van der Waals surface area contributed by atoms with Gasteiger partial charge in [0, 0.05) is 10.8 Å². The van der Waals surface area contributed by atoms with Crippen LogP contribution in [0.25, 0.3) is 16.5 Å². The number of amides is 1. The number of hydrogen-bond acceptors (Lipinski definition) is 6. The minimum atomic E-state index is -1.06. The van der Waals surface area contributed by atoms with Crippen LogP contribution in [-0.2, 0) is 4.74 Å². The topological polar surface area (TPSA) is 90.3 Å². The average Bonchev–Trinajstić information content (AvgIpc) is 3.23. The van der Waals surface area contributed by atoms with E-state index >= 15 is 0 Å². The molecule has 4 rings (SSSR count). The van der Waals surface area contributed by atoms with E-state index in [9.17, 15) is 23.2 Å². The molecule has 0 aliphatic carbocycles. The van der Waals surface area contributed by atoms with Crippen molar-refractivity contribution in [3.8, 4) is 5.69 Å². The molecule has 0 fully saturated rings. The number of benzene rings is 2. The minimum Gasteiger partial charge on any atom is -0.461 e. The Kier molecular flexibility index (Phi) is 6.74. The number of hydrogen-bond donors (Lipinski definition) is 1. The molecule has 0 aliphatic heterocycles. The SMILES string of the molecule is CCOC(=O)c1nn(-c2ccc(C(C)C)cc2)c(=O)c2c(NC(=O)c3c(F)cccc3F)scc12. The summed E-state index contributed by atoms with van der Waals surface area (Å²) in [7, 11) is 0. The van der Waals surface area contributed by atoms with Crippen molar-refractivity contribution in [1.82, 2.24) is 9.78 Å². The highest BCUT2D eigenvalue weighted by atomic mass is 32.1. The fourth-order valence-electron chi connectivity index (χ4n) is 3.55. The molecule has 2 heterocycles. The number of halogens is 2. The molecule has 2 aromatic heterocycles. The molecule has 7 nitrogen and oxygen atoms in total. The number of esters is 1. The van der Waals surface area contributed by atoms with Crippen molar-refractivity contribution in [3.05, 3.63) is 86.7 Å². The summed E-state index contributed by atoms with van der Waals surface area (Å²) in [4.78, 5) is 38.8. The van der Waals surface area contributed by atoms with Gasteiger partial charge in [0.2, 0.25) is 0 Å². The van der Waals surface area contributed by atoms with Crippen LogP contribution in [0.4, 0.5) is 13.8 Å². The molecule has 0 unspecified atom stereocenters. The zero-order chi connectivity index (χ0) is 25.3. The second-order valence-corrected chi connectivity index (χ2v) is 8.82.